The van der Waals surface area contributed by atoms with E-state index in [4.69, 9.17) is 44.3 Å². The number of rotatable bonds is 10. The molecule has 6 nitrogen and oxygen atoms in total. The highest BCUT2D eigenvalue weighted by atomic mass is 35.5. The second-order valence-electron chi connectivity index (χ2n) is 11.0. The van der Waals surface area contributed by atoms with Crippen LogP contribution >= 0.6 is 34.8 Å². The van der Waals surface area contributed by atoms with Crippen molar-refractivity contribution in [2.24, 2.45) is 0 Å². The van der Waals surface area contributed by atoms with Gasteiger partial charge in [-0.1, -0.05) is 77.3 Å². The molecular formula is C37H34Cl3FN2O4. The first-order valence-corrected chi connectivity index (χ1v) is 16.6. The largest absolute Gasteiger partial charge is 0.493 e. The lowest BCUT2D eigenvalue weighted by atomic mass is 9.99. The third kappa shape index (κ3) is 9.14. The number of hydrogen-bond acceptors (Lipinski definition) is 5. The molecule has 1 N–H and O–H groups in total. The molecule has 10 heteroatoms. The Balaban J connectivity index is 0.000000650. The van der Waals surface area contributed by atoms with Gasteiger partial charge >= 0.3 is 5.97 Å². The summed E-state index contributed by atoms with van der Waals surface area (Å²) in [6, 6.07) is 27.8. The molecule has 47 heavy (non-hydrogen) atoms. The van der Waals surface area contributed by atoms with Crippen LogP contribution in [0.3, 0.4) is 0 Å². The third-order valence-corrected chi connectivity index (χ3v) is 8.59. The van der Waals surface area contributed by atoms with Gasteiger partial charge in [0.1, 0.15) is 17.7 Å². The molecular weight excluding hydrogens is 662 g/mol. The van der Waals surface area contributed by atoms with Crippen LogP contribution < -0.4 is 15.6 Å². The number of pyridine rings is 1. The number of aromatic nitrogens is 1. The molecule has 4 aromatic carbocycles. The zero-order valence-corrected chi connectivity index (χ0v) is 27.8. The number of para-hydroxylation sites is 1. The van der Waals surface area contributed by atoms with Crippen molar-refractivity contribution in [1.29, 1.82) is 0 Å². The number of nitrogens with zero attached hydrogens (tertiary/aromatic N) is 1. The normalized spacial score (nSPS) is 12.9. The van der Waals surface area contributed by atoms with Crippen molar-refractivity contribution >= 4 is 51.7 Å². The molecule has 0 radical (unpaired) electrons. The van der Waals surface area contributed by atoms with Crippen LogP contribution in [0.4, 0.5) is 4.39 Å². The summed E-state index contributed by atoms with van der Waals surface area (Å²) in [4.78, 5) is 25.2. The van der Waals surface area contributed by atoms with Crippen molar-refractivity contribution in [3.63, 3.8) is 0 Å². The maximum absolute atomic E-state index is 13.9. The molecule has 0 spiro atoms. The van der Waals surface area contributed by atoms with Crippen molar-refractivity contribution < 1.29 is 18.7 Å². The number of benzene rings is 4. The number of nitrogens with one attached hydrogen (secondary N) is 1. The van der Waals surface area contributed by atoms with Gasteiger partial charge in [0, 0.05) is 23.1 Å². The van der Waals surface area contributed by atoms with Gasteiger partial charge in [0.2, 0.25) is 0 Å². The van der Waals surface area contributed by atoms with E-state index in [9.17, 15) is 14.0 Å². The highest BCUT2D eigenvalue weighted by molar-refractivity contribution is 6.38. The van der Waals surface area contributed by atoms with E-state index in [0.717, 1.165) is 25.7 Å². The Hall–Kier alpha value is -3.88. The number of carbonyl (C=O) groups is 1. The molecule has 0 amide bonds. The second-order valence-corrected chi connectivity index (χ2v) is 12.3. The van der Waals surface area contributed by atoms with Gasteiger partial charge in [0.25, 0.3) is 5.56 Å². The fraction of sp³-hybridized carbons (Fsp3) is 0.243. The molecule has 1 aromatic heterocycles. The van der Waals surface area contributed by atoms with Crippen LogP contribution in [0.1, 0.15) is 32.1 Å². The average Bonchev–Trinajstić information content (AvgIpc) is 3.57. The maximum atomic E-state index is 13.9. The Morgan fingerprint density at radius 1 is 0.830 bits per heavy atom. The summed E-state index contributed by atoms with van der Waals surface area (Å²) >= 11 is 19.5. The van der Waals surface area contributed by atoms with Crippen LogP contribution in [0.5, 0.6) is 5.75 Å². The first kappa shape index (κ1) is 34.5. The van der Waals surface area contributed by atoms with E-state index in [0.29, 0.717) is 63.1 Å². The van der Waals surface area contributed by atoms with Gasteiger partial charge in [-0.05, 0) is 86.7 Å². The molecule has 0 unspecified atom stereocenters. The summed E-state index contributed by atoms with van der Waals surface area (Å²) in [6.45, 7) is 1.02. The summed E-state index contributed by atoms with van der Waals surface area (Å²) < 4.78 is 26.9. The smallest absolute Gasteiger partial charge is 0.320 e. The standard InChI is InChI=1S/C31H28Cl3FN2O4.C6H6/c32-25-7-3-8-26(33)31(25)37-28-17-21(40-14-4-13-36-18-30(39)41-20-5-1-2-6-20)16-24(23(28)11-12-29(37)38)22-10-9-19(35)15-27(22)34;1-2-4-6-5-3-1/h3,7-12,15-17,20,36H,1-2,4-6,13-14,18H2;1-6H. The topological polar surface area (TPSA) is 69.6 Å². The molecule has 1 fully saturated rings. The fourth-order valence-electron chi connectivity index (χ4n) is 5.46. The summed E-state index contributed by atoms with van der Waals surface area (Å²) in [5.41, 5.74) is 1.71. The lowest BCUT2D eigenvalue weighted by Crippen LogP contribution is -2.28. The van der Waals surface area contributed by atoms with Crippen molar-refractivity contribution in [3.8, 4) is 22.6 Å². The molecule has 1 saturated carbocycles. The van der Waals surface area contributed by atoms with Gasteiger partial charge in [0.05, 0.1) is 39.4 Å². The SMILES string of the molecule is O=C(CNCCCOc1cc(-c2ccc(F)cc2Cl)c2ccc(=O)n(-c3c(Cl)cccc3Cl)c2c1)OC1CCCC1.c1ccccc1. The van der Waals surface area contributed by atoms with Crippen LogP contribution in [0.2, 0.25) is 15.1 Å². The third-order valence-electron chi connectivity index (χ3n) is 7.67. The molecule has 244 valence electrons. The van der Waals surface area contributed by atoms with E-state index in [2.05, 4.69) is 5.32 Å². The summed E-state index contributed by atoms with van der Waals surface area (Å²) in [7, 11) is 0. The minimum Gasteiger partial charge on any atom is -0.493 e. The minimum atomic E-state index is -0.463. The Morgan fingerprint density at radius 2 is 1.51 bits per heavy atom. The molecule has 1 aliphatic carbocycles. The zero-order valence-electron chi connectivity index (χ0n) is 25.6. The molecule has 1 heterocycles. The van der Waals surface area contributed by atoms with Gasteiger partial charge in [-0.15, -0.1) is 0 Å². The maximum Gasteiger partial charge on any atom is 0.320 e. The van der Waals surface area contributed by atoms with Crippen LogP contribution in [0.25, 0.3) is 27.7 Å². The molecule has 0 atom stereocenters. The number of carbonyl (C=O) groups excluding carboxylic acids is 1. The van der Waals surface area contributed by atoms with Crippen molar-refractivity contribution in [2.45, 2.75) is 38.2 Å². The number of ether oxygens (including phenoxy) is 2. The van der Waals surface area contributed by atoms with Gasteiger partial charge in [0.15, 0.2) is 0 Å². The molecule has 0 bridgehead atoms. The quantitative estimate of drug-likeness (QED) is 0.117. The predicted octanol–water partition coefficient (Wildman–Crippen LogP) is 9.29. The van der Waals surface area contributed by atoms with Crippen molar-refractivity contribution in [1.82, 2.24) is 9.88 Å². The van der Waals surface area contributed by atoms with E-state index in [1.807, 2.05) is 36.4 Å². The molecule has 5 aromatic rings. The van der Waals surface area contributed by atoms with Gasteiger partial charge in [-0.3, -0.25) is 14.2 Å². The van der Waals surface area contributed by atoms with E-state index >= 15 is 0 Å². The number of fused-ring (bicyclic) bond motifs is 1. The zero-order chi connectivity index (χ0) is 33.2. The minimum absolute atomic E-state index is 0.0439. The van der Waals surface area contributed by atoms with Crippen LogP contribution in [0.15, 0.2) is 102 Å². The number of esters is 1. The predicted molar refractivity (Wildman–Crippen MR) is 188 cm³/mol. The van der Waals surface area contributed by atoms with E-state index < -0.39 is 5.82 Å². The van der Waals surface area contributed by atoms with Gasteiger partial charge < -0.3 is 14.8 Å². The Labute approximate surface area is 288 Å². The van der Waals surface area contributed by atoms with Crippen LogP contribution in [-0.2, 0) is 9.53 Å². The highest BCUT2D eigenvalue weighted by Crippen LogP contribution is 2.38. The Kier molecular flexibility index (Phi) is 12.3. The summed E-state index contributed by atoms with van der Waals surface area (Å²) in [5.74, 6) is -0.240. The summed E-state index contributed by atoms with van der Waals surface area (Å²) in [6.07, 6.45) is 4.74. The van der Waals surface area contributed by atoms with Crippen molar-refractivity contribution in [2.75, 3.05) is 19.7 Å². The molecule has 0 aliphatic heterocycles. The Morgan fingerprint density at radius 3 is 2.17 bits per heavy atom. The highest BCUT2D eigenvalue weighted by Gasteiger charge is 2.20. The van der Waals surface area contributed by atoms with Crippen molar-refractivity contribution in [3.05, 3.63) is 128 Å². The molecule has 0 saturated heterocycles. The lowest BCUT2D eigenvalue weighted by Gasteiger charge is -2.18. The first-order valence-electron chi connectivity index (χ1n) is 15.4. The van der Waals surface area contributed by atoms with E-state index in [1.54, 1.807) is 42.5 Å². The van der Waals surface area contributed by atoms with Gasteiger partial charge in [-0.25, -0.2) is 4.39 Å². The Bertz CT molecular complexity index is 1830. The molecule has 1 aliphatic rings. The molecule has 6 rings (SSSR count). The van der Waals surface area contributed by atoms with E-state index in [-0.39, 0.29) is 29.2 Å². The van der Waals surface area contributed by atoms with Gasteiger partial charge in [-0.2, -0.15) is 0 Å². The lowest BCUT2D eigenvalue weighted by molar-refractivity contribution is -0.147. The first-order chi connectivity index (χ1) is 22.8. The number of halogens is 4. The second kappa shape index (κ2) is 16.8. The fourth-order valence-corrected chi connectivity index (χ4v) is 6.30. The van der Waals surface area contributed by atoms with Crippen LogP contribution in [-0.4, -0.2) is 36.3 Å². The average molecular weight is 696 g/mol. The van der Waals surface area contributed by atoms with Crippen LogP contribution in [0, 0.1) is 5.82 Å². The summed E-state index contributed by atoms with van der Waals surface area (Å²) in [5, 5.41) is 4.58. The van der Waals surface area contributed by atoms with E-state index in [1.165, 1.54) is 22.8 Å². The number of hydrogen-bond donors (Lipinski definition) is 1. The monoisotopic (exact) mass is 694 g/mol.